The second-order valence-corrected chi connectivity index (χ2v) is 4.42. The molecule has 2 N–H and O–H groups in total. The van der Waals surface area contributed by atoms with Gasteiger partial charge in [-0.3, -0.25) is 4.79 Å². The van der Waals surface area contributed by atoms with Crippen molar-refractivity contribution in [1.82, 2.24) is 0 Å². The zero-order chi connectivity index (χ0) is 12.0. The second-order valence-electron chi connectivity index (χ2n) is 4.42. The molecule has 0 bridgehead atoms. The molecule has 1 aliphatic rings. The molecule has 4 heteroatoms. The maximum absolute atomic E-state index is 10.7. The molecule has 4 nitrogen and oxygen atoms in total. The van der Waals surface area contributed by atoms with Crippen molar-refractivity contribution in [1.29, 1.82) is 0 Å². The molecule has 0 aromatic rings. The Morgan fingerprint density at radius 2 is 2.12 bits per heavy atom. The van der Waals surface area contributed by atoms with Crippen LogP contribution in [0.1, 0.15) is 32.6 Å². The van der Waals surface area contributed by atoms with Gasteiger partial charge in [-0.15, -0.1) is 0 Å². The molecule has 0 spiro atoms. The second kappa shape index (κ2) is 6.01. The Morgan fingerprint density at radius 1 is 1.50 bits per heavy atom. The van der Waals surface area contributed by atoms with Gasteiger partial charge in [-0.2, -0.15) is 0 Å². The highest BCUT2D eigenvalue weighted by molar-refractivity contribution is 5.70. The molecular weight excluding hydrogens is 208 g/mol. The Hall–Kier alpha value is -0.870. The predicted molar refractivity (Wildman–Crippen MR) is 60.2 cm³/mol. The third-order valence-electron chi connectivity index (χ3n) is 3.09. The van der Waals surface area contributed by atoms with Crippen LogP contribution in [0.2, 0.25) is 0 Å². The third-order valence-corrected chi connectivity index (χ3v) is 3.09. The van der Waals surface area contributed by atoms with E-state index >= 15 is 0 Å². The van der Waals surface area contributed by atoms with E-state index in [9.17, 15) is 9.90 Å². The van der Waals surface area contributed by atoms with Crippen LogP contribution in [0.3, 0.4) is 0 Å². The summed E-state index contributed by atoms with van der Waals surface area (Å²) in [6, 6.07) is 0. The summed E-state index contributed by atoms with van der Waals surface area (Å²) < 4.78 is 5.33. The zero-order valence-electron chi connectivity index (χ0n) is 9.69. The summed E-state index contributed by atoms with van der Waals surface area (Å²) in [6.07, 6.45) is 5.88. The van der Waals surface area contributed by atoms with Crippen molar-refractivity contribution in [2.45, 2.75) is 38.2 Å². The summed E-state index contributed by atoms with van der Waals surface area (Å²) in [5.74, 6) is -1.05. The molecule has 0 unspecified atom stereocenters. The van der Waals surface area contributed by atoms with Gasteiger partial charge in [-0.05, 0) is 32.6 Å². The first-order valence-electron chi connectivity index (χ1n) is 5.71. The Morgan fingerprint density at radius 3 is 2.62 bits per heavy atom. The van der Waals surface area contributed by atoms with Gasteiger partial charge in [0.2, 0.25) is 0 Å². The fourth-order valence-corrected chi connectivity index (χ4v) is 1.96. The van der Waals surface area contributed by atoms with Gasteiger partial charge in [0.05, 0.1) is 24.7 Å². The van der Waals surface area contributed by atoms with Gasteiger partial charge in [-0.25, -0.2) is 0 Å². The highest BCUT2D eigenvalue weighted by atomic mass is 16.5. The van der Waals surface area contributed by atoms with E-state index in [0.717, 1.165) is 0 Å². The van der Waals surface area contributed by atoms with Crippen LogP contribution in [0.5, 0.6) is 0 Å². The summed E-state index contributed by atoms with van der Waals surface area (Å²) in [4.78, 5) is 10.7. The van der Waals surface area contributed by atoms with Gasteiger partial charge in [-0.1, -0.05) is 12.2 Å². The van der Waals surface area contributed by atoms with Crippen LogP contribution in [0, 0.1) is 5.92 Å². The molecule has 16 heavy (non-hydrogen) atoms. The lowest BCUT2D eigenvalue weighted by atomic mass is 9.79. The number of hydrogen-bond acceptors (Lipinski definition) is 3. The molecule has 0 aromatic heterocycles. The summed E-state index contributed by atoms with van der Waals surface area (Å²) in [5.41, 5.74) is -0.826. The summed E-state index contributed by atoms with van der Waals surface area (Å²) in [6.45, 7) is 2.71. The van der Waals surface area contributed by atoms with Crippen LogP contribution in [0.4, 0.5) is 0 Å². The molecule has 0 aliphatic heterocycles. The topological polar surface area (TPSA) is 66.8 Å². The van der Waals surface area contributed by atoms with Gasteiger partial charge in [0.1, 0.15) is 0 Å². The van der Waals surface area contributed by atoms with Gasteiger partial charge in [0.15, 0.2) is 0 Å². The van der Waals surface area contributed by atoms with E-state index in [-0.39, 0.29) is 5.92 Å². The Kier molecular flexibility index (Phi) is 4.96. The first-order valence-corrected chi connectivity index (χ1v) is 5.71. The molecule has 1 rings (SSSR count). The summed E-state index contributed by atoms with van der Waals surface area (Å²) in [5, 5.41) is 19.0. The minimum absolute atomic E-state index is 0.295. The minimum atomic E-state index is -0.826. The van der Waals surface area contributed by atoms with E-state index in [1.54, 1.807) is 0 Å². The van der Waals surface area contributed by atoms with Crippen LogP contribution in [0.25, 0.3) is 0 Å². The monoisotopic (exact) mass is 228 g/mol. The van der Waals surface area contributed by atoms with E-state index in [0.29, 0.717) is 38.9 Å². The lowest BCUT2D eigenvalue weighted by molar-refractivity contribution is -0.146. The number of carboxylic acids is 1. The van der Waals surface area contributed by atoms with Crippen molar-refractivity contribution < 1.29 is 19.7 Å². The Balaban J connectivity index is 2.29. The van der Waals surface area contributed by atoms with Crippen molar-refractivity contribution in [2.75, 3.05) is 13.2 Å². The highest BCUT2D eigenvalue weighted by Gasteiger charge is 2.35. The van der Waals surface area contributed by atoms with E-state index in [2.05, 4.69) is 0 Å². The normalized spacial score (nSPS) is 30.8. The smallest absolute Gasteiger partial charge is 0.306 e. The number of aliphatic hydroxyl groups is 1. The van der Waals surface area contributed by atoms with E-state index in [1.165, 1.54) is 0 Å². The van der Waals surface area contributed by atoms with Crippen LogP contribution in [-0.4, -0.2) is 35.0 Å². The van der Waals surface area contributed by atoms with E-state index in [1.807, 2.05) is 19.1 Å². The molecule has 0 amide bonds. The number of carboxylic acid groups (broad SMARTS) is 1. The van der Waals surface area contributed by atoms with Crippen molar-refractivity contribution in [3.63, 3.8) is 0 Å². The molecule has 0 atom stereocenters. The van der Waals surface area contributed by atoms with Crippen molar-refractivity contribution >= 4 is 5.97 Å². The molecule has 0 saturated heterocycles. The first-order chi connectivity index (χ1) is 7.57. The highest BCUT2D eigenvalue weighted by Crippen LogP contribution is 2.32. The van der Waals surface area contributed by atoms with Crippen molar-refractivity contribution in [2.24, 2.45) is 5.92 Å². The fourth-order valence-electron chi connectivity index (χ4n) is 1.96. The maximum Gasteiger partial charge on any atom is 0.306 e. The van der Waals surface area contributed by atoms with E-state index in [4.69, 9.17) is 9.84 Å². The van der Waals surface area contributed by atoms with Crippen LogP contribution >= 0.6 is 0 Å². The number of ether oxygens (including phenoxy) is 1. The van der Waals surface area contributed by atoms with Gasteiger partial charge in [0.25, 0.3) is 0 Å². The van der Waals surface area contributed by atoms with Crippen molar-refractivity contribution in [3.05, 3.63) is 12.2 Å². The van der Waals surface area contributed by atoms with Crippen LogP contribution < -0.4 is 0 Å². The molecular formula is C12H20O4. The number of carbonyl (C=O) groups is 1. The SMILES string of the molecule is C/C=C/COCC1(O)CCC(C(=O)O)CC1. The van der Waals surface area contributed by atoms with Gasteiger partial charge in [0, 0.05) is 0 Å². The average Bonchev–Trinajstić information content (AvgIpc) is 2.25. The first kappa shape index (κ1) is 13.2. The number of hydrogen-bond donors (Lipinski definition) is 2. The maximum atomic E-state index is 10.7. The predicted octanol–water partition coefficient (Wildman–Crippen LogP) is 1.59. The quantitative estimate of drug-likeness (QED) is 0.554. The van der Waals surface area contributed by atoms with Crippen LogP contribution in [-0.2, 0) is 9.53 Å². The number of allylic oxidation sites excluding steroid dienone is 1. The molecule has 0 heterocycles. The summed E-state index contributed by atoms with van der Waals surface area (Å²) in [7, 11) is 0. The lowest BCUT2D eigenvalue weighted by Gasteiger charge is -2.34. The van der Waals surface area contributed by atoms with Gasteiger partial charge < -0.3 is 14.9 Å². The third kappa shape index (κ3) is 3.94. The average molecular weight is 228 g/mol. The molecule has 0 aromatic carbocycles. The van der Waals surface area contributed by atoms with Crippen molar-refractivity contribution in [3.8, 4) is 0 Å². The van der Waals surface area contributed by atoms with Gasteiger partial charge >= 0.3 is 5.97 Å². The van der Waals surface area contributed by atoms with Crippen LogP contribution in [0.15, 0.2) is 12.2 Å². The zero-order valence-corrected chi connectivity index (χ0v) is 9.69. The minimum Gasteiger partial charge on any atom is -0.481 e. The molecule has 1 aliphatic carbocycles. The molecule has 92 valence electrons. The standard InChI is InChI=1S/C12H20O4/c1-2-3-8-16-9-12(15)6-4-10(5-7-12)11(13)14/h2-3,10,15H,4-9H2,1H3,(H,13,14)/b3-2+. The Labute approximate surface area is 95.9 Å². The largest absolute Gasteiger partial charge is 0.481 e. The number of aliphatic carboxylic acids is 1. The van der Waals surface area contributed by atoms with E-state index < -0.39 is 11.6 Å². The number of rotatable bonds is 5. The fraction of sp³-hybridized carbons (Fsp3) is 0.750. The molecule has 0 radical (unpaired) electrons. The summed E-state index contributed by atoms with van der Waals surface area (Å²) >= 11 is 0. The lowest BCUT2D eigenvalue weighted by Crippen LogP contribution is -2.40. The molecule has 1 fully saturated rings. The molecule has 1 saturated carbocycles. The Bertz CT molecular complexity index is 252.